The normalized spacial score (nSPS) is 18.5. The molecule has 0 radical (unpaired) electrons. The molecule has 1 fully saturated rings. The van der Waals surface area contributed by atoms with Gasteiger partial charge in [0.15, 0.2) is 0 Å². The van der Waals surface area contributed by atoms with Crippen molar-refractivity contribution in [3.8, 4) is 0 Å². The van der Waals surface area contributed by atoms with E-state index in [-0.39, 0.29) is 5.92 Å². The van der Waals surface area contributed by atoms with Crippen LogP contribution in [0.3, 0.4) is 0 Å². The Balaban J connectivity index is 1.99. The molecule has 0 saturated carbocycles. The maximum Gasteiger partial charge on any atom is 0.0977 e. The fraction of sp³-hybridized carbons (Fsp3) is 0.538. The number of nitrogens with zero attached hydrogens (tertiary/aromatic N) is 1. The maximum absolute atomic E-state index is 12.3. The molecule has 0 bridgehead atoms. The predicted molar refractivity (Wildman–Crippen MR) is 120 cm³/mol. The molecule has 0 spiro atoms. The number of benzene rings is 2. The van der Waals surface area contributed by atoms with Crippen molar-refractivity contribution in [3.05, 3.63) is 71.3 Å². The summed E-state index contributed by atoms with van der Waals surface area (Å²) in [5, 5.41) is 12.3. The van der Waals surface area contributed by atoms with Crippen molar-refractivity contribution < 1.29 is 9.84 Å². The van der Waals surface area contributed by atoms with E-state index < -0.39 is 5.60 Å². The minimum absolute atomic E-state index is 0.0213. The number of hydrogen-bond acceptors (Lipinski definition) is 3. The van der Waals surface area contributed by atoms with Gasteiger partial charge in [-0.05, 0) is 41.9 Å². The van der Waals surface area contributed by atoms with Gasteiger partial charge >= 0.3 is 0 Å². The van der Waals surface area contributed by atoms with Gasteiger partial charge in [-0.15, -0.1) is 0 Å². The highest BCUT2D eigenvalue weighted by molar-refractivity contribution is 5.34. The van der Waals surface area contributed by atoms with Crippen molar-refractivity contribution in [2.45, 2.75) is 51.6 Å². The molecule has 1 N–H and O–H groups in total. The summed E-state index contributed by atoms with van der Waals surface area (Å²) < 4.78 is 5.56. The van der Waals surface area contributed by atoms with Crippen molar-refractivity contribution in [2.24, 2.45) is 5.92 Å². The maximum atomic E-state index is 12.3. The van der Waals surface area contributed by atoms with E-state index in [4.69, 9.17) is 4.74 Å². The zero-order valence-corrected chi connectivity index (χ0v) is 18.3. The molecule has 29 heavy (non-hydrogen) atoms. The van der Waals surface area contributed by atoms with Crippen LogP contribution in [0.1, 0.15) is 56.2 Å². The lowest BCUT2D eigenvalue weighted by Crippen LogP contribution is -2.45. The Bertz CT molecular complexity index is 722. The van der Waals surface area contributed by atoms with Gasteiger partial charge in [-0.25, -0.2) is 0 Å². The molecule has 1 saturated heterocycles. The topological polar surface area (TPSA) is 32.7 Å². The van der Waals surface area contributed by atoms with Crippen LogP contribution in [0.4, 0.5) is 0 Å². The summed E-state index contributed by atoms with van der Waals surface area (Å²) in [6, 6.07) is 19.2. The first-order valence-corrected chi connectivity index (χ1v) is 11.2. The van der Waals surface area contributed by atoms with Crippen molar-refractivity contribution in [3.63, 3.8) is 0 Å². The zero-order chi connectivity index (χ0) is 20.7. The Kier molecular flexibility index (Phi) is 7.88. The standard InChI is InChI=1S/C26H37NO2/c1-4-22-10-12-24(13-11-22)26(28,15-14-21(2)3)25(23-8-6-5-7-9-23)20-27-16-18-29-19-17-27/h5-13,21,25,28H,4,14-20H2,1-3H3/t25-,26+/m1/s1. The Morgan fingerprint density at radius 1 is 1.00 bits per heavy atom. The van der Waals surface area contributed by atoms with Crippen molar-refractivity contribution in [1.82, 2.24) is 4.90 Å². The Hall–Kier alpha value is -1.68. The molecule has 158 valence electrons. The summed E-state index contributed by atoms with van der Waals surface area (Å²) in [4.78, 5) is 2.45. The van der Waals surface area contributed by atoms with Gasteiger partial charge in [-0.1, -0.05) is 75.4 Å². The van der Waals surface area contributed by atoms with Crippen LogP contribution in [0.15, 0.2) is 54.6 Å². The van der Waals surface area contributed by atoms with Crippen molar-refractivity contribution in [2.75, 3.05) is 32.8 Å². The molecule has 0 aromatic heterocycles. The fourth-order valence-corrected chi connectivity index (χ4v) is 4.32. The summed E-state index contributed by atoms with van der Waals surface area (Å²) in [6.45, 7) is 10.9. The molecule has 1 heterocycles. The average molecular weight is 396 g/mol. The number of rotatable bonds is 9. The van der Waals surface area contributed by atoms with Crippen LogP contribution in [-0.4, -0.2) is 42.9 Å². The second kappa shape index (κ2) is 10.4. The minimum atomic E-state index is -0.893. The molecule has 0 unspecified atom stereocenters. The first-order valence-electron chi connectivity index (χ1n) is 11.2. The molecule has 1 aliphatic rings. The molecule has 2 aromatic carbocycles. The third-order valence-corrected chi connectivity index (χ3v) is 6.29. The SMILES string of the molecule is CCc1ccc([C@@](O)(CCC(C)C)[C@H](CN2CCOCC2)c2ccccc2)cc1. The van der Waals surface area contributed by atoms with Crippen LogP contribution in [0.25, 0.3) is 0 Å². The van der Waals surface area contributed by atoms with E-state index in [1.807, 2.05) is 0 Å². The van der Waals surface area contributed by atoms with E-state index in [1.165, 1.54) is 11.1 Å². The quantitative estimate of drug-likeness (QED) is 0.649. The molecule has 0 amide bonds. The summed E-state index contributed by atoms with van der Waals surface area (Å²) in [7, 11) is 0. The van der Waals surface area contributed by atoms with E-state index >= 15 is 0 Å². The van der Waals surface area contributed by atoms with E-state index in [0.717, 1.165) is 57.7 Å². The molecular weight excluding hydrogens is 358 g/mol. The smallest absolute Gasteiger partial charge is 0.0977 e. The molecular formula is C26H37NO2. The molecule has 3 rings (SSSR count). The summed E-state index contributed by atoms with van der Waals surface area (Å²) >= 11 is 0. The van der Waals surface area contributed by atoms with E-state index in [1.54, 1.807) is 0 Å². The number of morpholine rings is 1. The molecule has 1 aliphatic heterocycles. The van der Waals surface area contributed by atoms with Crippen LogP contribution in [-0.2, 0) is 16.8 Å². The number of ether oxygens (including phenoxy) is 1. The van der Waals surface area contributed by atoms with E-state index in [2.05, 4.69) is 80.3 Å². The van der Waals surface area contributed by atoms with Crippen LogP contribution in [0, 0.1) is 5.92 Å². The zero-order valence-electron chi connectivity index (χ0n) is 18.3. The molecule has 3 nitrogen and oxygen atoms in total. The van der Waals surface area contributed by atoms with Crippen LogP contribution < -0.4 is 0 Å². The third-order valence-electron chi connectivity index (χ3n) is 6.29. The van der Waals surface area contributed by atoms with Crippen LogP contribution >= 0.6 is 0 Å². The second-order valence-electron chi connectivity index (χ2n) is 8.78. The predicted octanol–water partition coefficient (Wildman–Crippen LogP) is 4.99. The molecule has 0 aliphatic carbocycles. The largest absolute Gasteiger partial charge is 0.384 e. The first kappa shape index (κ1) is 22.0. The molecule has 2 aromatic rings. The lowest BCUT2D eigenvalue weighted by Gasteiger charge is -2.41. The van der Waals surface area contributed by atoms with Crippen molar-refractivity contribution >= 4 is 0 Å². The van der Waals surface area contributed by atoms with Gasteiger partial charge in [0.1, 0.15) is 0 Å². The Morgan fingerprint density at radius 2 is 1.66 bits per heavy atom. The number of aryl methyl sites for hydroxylation is 1. The van der Waals surface area contributed by atoms with Crippen LogP contribution in [0.2, 0.25) is 0 Å². The van der Waals surface area contributed by atoms with Gasteiger partial charge in [-0.2, -0.15) is 0 Å². The lowest BCUT2D eigenvalue weighted by molar-refractivity contribution is -0.0311. The first-order chi connectivity index (χ1) is 14.0. The van der Waals surface area contributed by atoms with Gasteiger partial charge in [0, 0.05) is 25.6 Å². The van der Waals surface area contributed by atoms with Gasteiger partial charge < -0.3 is 9.84 Å². The van der Waals surface area contributed by atoms with Gasteiger partial charge in [0.05, 0.1) is 18.8 Å². The number of aliphatic hydroxyl groups is 1. The summed E-state index contributed by atoms with van der Waals surface area (Å²) in [6.07, 6.45) is 2.78. The number of hydrogen-bond donors (Lipinski definition) is 1. The van der Waals surface area contributed by atoms with E-state index in [9.17, 15) is 5.11 Å². The highest BCUT2D eigenvalue weighted by Gasteiger charge is 2.40. The van der Waals surface area contributed by atoms with Gasteiger partial charge in [-0.3, -0.25) is 4.90 Å². The lowest BCUT2D eigenvalue weighted by atomic mass is 9.73. The summed E-state index contributed by atoms with van der Waals surface area (Å²) in [5.41, 5.74) is 2.67. The van der Waals surface area contributed by atoms with Crippen LogP contribution in [0.5, 0.6) is 0 Å². The second-order valence-corrected chi connectivity index (χ2v) is 8.78. The van der Waals surface area contributed by atoms with Gasteiger partial charge in [0.25, 0.3) is 0 Å². The average Bonchev–Trinajstić information content (AvgIpc) is 2.77. The fourth-order valence-electron chi connectivity index (χ4n) is 4.32. The highest BCUT2D eigenvalue weighted by atomic mass is 16.5. The Labute approximate surface area is 176 Å². The van der Waals surface area contributed by atoms with Crippen molar-refractivity contribution in [1.29, 1.82) is 0 Å². The molecule has 2 atom stereocenters. The highest BCUT2D eigenvalue weighted by Crippen LogP contribution is 2.42. The monoisotopic (exact) mass is 395 g/mol. The van der Waals surface area contributed by atoms with E-state index in [0.29, 0.717) is 5.92 Å². The Morgan fingerprint density at radius 3 is 2.24 bits per heavy atom. The van der Waals surface area contributed by atoms with Gasteiger partial charge in [0.2, 0.25) is 0 Å². The third kappa shape index (κ3) is 5.69. The molecule has 3 heteroatoms. The summed E-state index contributed by atoms with van der Waals surface area (Å²) in [5.74, 6) is 0.573. The minimum Gasteiger partial charge on any atom is -0.384 e.